The van der Waals surface area contributed by atoms with Crippen LogP contribution in [0.5, 0.6) is 0 Å². The predicted molar refractivity (Wildman–Crippen MR) is 104 cm³/mol. The Morgan fingerprint density at radius 1 is 1.15 bits per heavy atom. The van der Waals surface area contributed by atoms with Crippen LogP contribution in [0.25, 0.3) is 0 Å². The molecule has 138 valence electrons. The highest BCUT2D eigenvalue weighted by molar-refractivity contribution is 7.92. The third kappa shape index (κ3) is 3.71. The Morgan fingerprint density at radius 3 is 2.62 bits per heavy atom. The number of amides is 1. The summed E-state index contributed by atoms with van der Waals surface area (Å²) in [5, 5.41) is 0.409. The van der Waals surface area contributed by atoms with Gasteiger partial charge >= 0.3 is 0 Å². The molecule has 3 rings (SSSR count). The number of nitrogens with zero attached hydrogens (tertiary/aromatic N) is 1. The number of rotatable bonds is 5. The number of carbonyl (C=O) groups excluding carboxylic acids is 1. The molecule has 2 aromatic carbocycles. The summed E-state index contributed by atoms with van der Waals surface area (Å²) in [6.45, 7) is 4.51. The van der Waals surface area contributed by atoms with E-state index in [0.29, 0.717) is 30.1 Å². The predicted octanol–water partition coefficient (Wildman–Crippen LogP) is 4.14. The van der Waals surface area contributed by atoms with E-state index in [2.05, 4.69) is 4.72 Å². The number of hydrogen-bond acceptors (Lipinski definition) is 3. The van der Waals surface area contributed by atoms with E-state index in [1.165, 1.54) is 12.1 Å². The summed E-state index contributed by atoms with van der Waals surface area (Å²) in [5.41, 5.74) is 3.14. The van der Waals surface area contributed by atoms with Gasteiger partial charge in [0.2, 0.25) is 5.91 Å². The first-order chi connectivity index (χ1) is 12.3. The number of nitrogens with one attached hydrogen (secondary N) is 1. The van der Waals surface area contributed by atoms with Crippen LogP contribution in [0, 0.1) is 6.92 Å². The van der Waals surface area contributed by atoms with Gasteiger partial charge in [-0.05, 0) is 61.2 Å². The average Bonchev–Trinajstić information content (AvgIpc) is 2.59. The molecule has 1 heterocycles. The Morgan fingerprint density at radius 2 is 1.92 bits per heavy atom. The summed E-state index contributed by atoms with van der Waals surface area (Å²) in [4.78, 5) is 14.0. The lowest BCUT2D eigenvalue weighted by molar-refractivity contribution is -0.118. The van der Waals surface area contributed by atoms with Crippen LogP contribution in [0.2, 0.25) is 5.02 Å². The molecule has 0 radical (unpaired) electrons. The molecular formula is C19H21ClN2O3S. The Balaban J connectivity index is 1.89. The Labute approximate surface area is 159 Å². The molecule has 7 heteroatoms. The molecule has 0 fully saturated rings. The van der Waals surface area contributed by atoms with Crippen LogP contribution in [0.15, 0.2) is 41.3 Å². The molecule has 0 bridgehead atoms. The first kappa shape index (κ1) is 18.7. The maximum atomic E-state index is 12.6. The van der Waals surface area contributed by atoms with Crippen LogP contribution in [0.3, 0.4) is 0 Å². The van der Waals surface area contributed by atoms with E-state index in [1.54, 1.807) is 23.1 Å². The first-order valence-electron chi connectivity index (χ1n) is 8.54. The van der Waals surface area contributed by atoms with Crippen LogP contribution < -0.4 is 9.62 Å². The van der Waals surface area contributed by atoms with E-state index >= 15 is 0 Å². The van der Waals surface area contributed by atoms with Gasteiger partial charge in [0.15, 0.2) is 0 Å². The highest BCUT2D eigenvalue weighted by Crippen LogP contribution is 2.31. The molecule has 0 aliphatic carbocycles. The fraction of sp³-hybridized carbons (Fsp3) is 0.316. The second kappa shape index (κ2) is 7.29. The SMILES string of the molecule is CCCN1C(=O)CCc2cc(NS(=O)(=O)c3ccc(C)c(Cl)c3)ccc21. The smallest absolute Gasteiger partial charge is 0.261 e. The van der Waals surface area contributed by atoms with E-state index < -0.39 is 10.0 Å². The van der Waals surface area contributed by atoms with Crippen molar-refractivity contribution in [1.29, 1.82) is 0 Å². The zero-order valence-corrected chi connectivity index (χ0v) is 16.3. The number of benzene rings is 2. The van der Waals surface area contributed by atoms with Crippen LogP contribution in [-0.2, 0) is 21.2 Å². The van der Waals surface area contributed by atoms with Gasteiger partial charge in [0.1, 0.15) is 0 Å². The molecule has 0 atom stereocenters. The zero-order chi connectivity index (χ0) is 18.9. The maximum absolute atomic E-state index is 12.6. The molecule has 0 saturated carbocycles. The molecule has 1 N–H and O–H groups in total. The second-order valence-corrected chi connectivity index (χ2v) is 8.49. The van der Waals surface area contributed by atoms with Gasteiger partial charge in [-0.3, -0.25) is 9.52 Å². The molecular weight excluding hydrogens is 372 g/mol. The number of fused-ring (bicyclic) bond motifs is 1. The normalized spacial score (nSPS) is 14.3. The minimum Gasteiger partial charge on any atom is -0.312 e. The van der Waals surface area contributed by atoms with Gasteiger partial charge in [-0.1, -0.05) is 24.6 Å². The highest BCUT2D eigenvalue weighted by Gasteiger charge is 2.24. The monoisotopic (exact) mass is 392 g/mol. The second-order valence-electron chi connectivity index (χ2n) is 6.41. The molecule has 26 heavy (non-hydrogen) atoms. The van der Waals surface area contributed by atoms with Gasteiger partial charge in [0, 0.05) is 29.4 Å². The highest BCUT2D eigenvalue weighted by atomic mass is 35.5. The zero-order valence-electron chi connectivity index (χ0n) is 14.8. The minimum absolute atomic E-state index is 0.113. The summed E-state index contributed by atoms with van der Waals surface area (Å²) in [6.07, 6.45) is 1.92. The van der Waals surface area contributed by atoms with Crippen molar-refractivity contribution in [2.75, 3.05) is 16.2 Å². The van der Waals surface area contributed by atoms with Crippen LogP contribution in [0.1, 0.15) is 30.9 Å². The minimum atomic E-state index is -3.73. The van der Waals surface area contributed by atoms with E-state index in [-0.39, 0.29) is 10.8 Å². The van der Waals surface area contributed by atoms with Crippen molar-refractivity contribution in [2.45, 2.75) is 38.0 Å². The first-order valence-corrected chi connectivity index (χ1v) is 10.4. The fourth-order valence-electron chi connectivity index (χ4n) is 3.05. The van der Waals surface area contributed by atoms with Crippen molar-refractivity contribution in [3.05, 3.63) is 52.5 Å². The van der Waals surface area contributed by atoms with Gasteiger partial charge in [0.05, 0.1) is 4.90 Å². The standard InChI is InChI=1S/C19H21ClN2O3S/c1-3-10-22-18-8-6-15(11-14(18)5-9-19(22)23)21-26(24,25)16-7-4-13(2)17(20)12-16/h4,6-8,11-12,21H,3,5,9-10H2,1-2H3. The molecule has 2 aromatic rings. The number of sulfonamides is 1. The van der Waals surface area contributed by atoms with E-state index in [9.17, 15) is 13.2 Å². The summed E-state index contributed by atoms with van der Waals surface area (Å²) in [7, 11) is -3.73. The summed E-state index contributed by atoms with van der Waals surface area (Å²) in [6, 6.07) is 9.95. The topological polar surface area (TPSA) is 66.5 Å². The maximum Gasteiger partial charge on any atom is 0.261 e. The summed E-state index contributed by atoms with van der Waals surface area (Å²) < 4.78 is 27.8. The Hall–Kier alpha value is -2.05. The number of hydrogen-bond donors (Lipinski definition) is 1. The largest absolute Gasteiger partial charge is 0.312 e. The Bertz CT molecular complexity index is 957. The van der Waals surface area contributed by atoms with Crippen molar-refractivity contribution >= 4 is 38.9 Å². The molecule has 0 spiro atoms. The lowest BCUT2D eigenvalue weighted by atomic mass is 10.0. The molecule has 1 aliphatic heterocycles. The molecule has 5 nitrogen and oxygen atoms in total. The average molecular weight is 393 g/mol. The molecule has 1 amide bonds. The van der Waals surface area contributed by atoms with Gasteiger partial charge in [-0.15, -0.1) is 0 Å². The van der Waals surface area contributed by atoms with Crippen LogP contribution in [0.4, 0.5) is 11.4 Å². The van der Waals surface area contributed by atoms with E-state index in [1.807, 2.05) is 19.9 Å². The summed E-state index contributed by atoms with van der Waals surface area (Å²) >= 11 is 6.05. The molecule has 0 aromatic heterocycles. The van der Waals surface area contributed by atoms with Crippen molar-refractivity contribution in [2.24, 2.45) is 0 Å². The van der Waals surface area contributed by atoms with Crippen molar-refractivity contribution in [1.82, 2.24) is 0 Å². The quantitative estimate of drug-likeness (QED) is 0.831. The summed E-state index contributed by atoms with van der Waals surface area (Å²) in [5.74, 6) is 0.113. The van der Waals surface area contributed by atoms with Crippen molar-refractivity contribution < 1.29 is 13.2 Å². The van der Waals surface area contributed by atoms with Gasteiger partial charge in [0.25, 0.3) is 10.0 Å². The van der Waals surface area contributed by atoms with E-state index in [0.717, 1.165) is 23.2 Å². The number of anilines is 2. The lowest BCUT2D eigenvalue weighted by Gasteiger charge is -2.29. The van der Waals surface area contributed by atoms with E-state index in [4.69, 9.17) is 11.6 Å². The van der Waals surface area contributed by atoms with Crippen LogP contribution >= 0.6 is 11.6 Å². The van der Waals surface area contributed by atoms with Gasteiger partial charge in [-0.25, -0.2) is 8.42 Å². The van der Waals surface area contributed by atoms with Gasteiger partial charge < -0.3 is 4.90 Å². The van der Waals surface area contributed by atoms with Crippen LogP contribution in [-0.4, -0.2) is 20.9 Å². The Kier molecular flexibility index (Phi) is 5.25. The lowest BCUT2D eigenvalue weighted by Crippen LogP contribution is -2.35. The number of aryl methyl sites for hydroxylation is 2. The number of carbonyl (C=O) groups is 1. The van der Waals surface area contributed by atoms with Crippen molar-refractivity contribution in [3.63, 3.8) is 0 Å². The number of halogens is 1. The molecule has 0 unspecified atom stereocenters. The van der Waals surface area contributed by atoms with Gasteiger partial charge in [-0.2, -0.15) is 0 Å². The third-order valence-electron chi connectivity index (χ3n) is 4.43. The fourth-order valence-corrected chi connectivity index (χ4v) is 4.37. The third-order valence-corrected chi connectivity index (χ3v) is 6.22. The molecule has 0 saturated heterocycles. The molecule has 1 aliphatic rings. The van der Waals surface area contributed by atoms with Crippen molar-refractivity contribution in [3.8, 4) is 0 Å².